The molecule has 0 atom stereocenters. The maximum absolute atomic E-state index is 6.09. The Labute approximate surface area is 107 Å². The molecule has 102 valence electrons. The van der Waals surface area contributed by atoms with Crippen molar-refractivity contribution in [2.45, 2.75) is 83.8 Å². The summed E-state index contributed by atoms with van der Waals surface area (Å²) in [4.78, 5) is 0. The number of hydrogen-bond acceptors (Lipinski definition) is 2. The van der Waals surface area contributed by atoms with Gasteiger partial charge in [0.15, 0.2) is 5.79 Å². The van der Waals surface area contributed by atoms with Crippen LogP contribution in [0.2, 0.25) is 0 Å². The van der Waals surface area contributed by atoms with Crippen molar-refractivity contribution < 1.29 is 9.47 Å². The van der Waals surface area contributed by atoms with Crippen LogP contribution in [0.25, 0.3) is 0 Å². The lowest BCUT2D eigenvalue weighted by Gasteiger charge is -2.34. The first-order valence-electron chi connectivity index (χ1n) is 7.61. The lowest BCUT2D eigenvalue weighted by atomic mass is 10.0. The van der Waals surface area contributed by atoms with E-state index < -0.39 is 0 Å². The second kappa shape index (κ2) is 8.93. The molecule has 1 aliphatic rings. The third-order valence-corrected chi connectivity index (χ3v) is 3.50. The summed E-state index contributed by atoms with van der Waals surface area (Å²) in [6.07, 6.45) is 12.3. The van der Waals surface area contributed by atoms with Crippen molar-refractivity contribution in [1.82, 2.24) is 0 Å². The summed E-state index contributed by atoms with van der Waals surface area (Å²) >= 11 is 0. The predicted octanol–water partition coefficient (Wildman–Crippen LogP) is 4.67. The molecule has 2 nitrogen and oxygen atoms in total. The van der Waals surface area contributed by atoms with Gasteiger partial charge >= 0.3 is 0 Å². The Morgan fingerprint density at radius 3 is 1.53 bits per heavy atom. The van der Waals surface area contributed by atoms with Crippen LogP contribution in [0, 0.1) is 0 Å². The van der Waals surface area contributed by atoms with E-state index in [4.69, 9.17) is 9.47 Å². The van der Waals surface area contributed by atoms with Crippen LogP contribution in [0.3, 0.4) is 0 Å². The lowest BCUT2D eigenvalue weighted by molar-refractivity contribution is -0.246. The summed E-state index contributed by atoms with van der Waals surface area (Å²) < 4.78 is 12.2. The zero-order valence-electron chi connectivity index (χ0n) is 11.8. The molecule has 0 aliphatic heterocycles. The van der Waals surface area contributed by atoms with Crippen molar-refractivity contribution in [3.8, 4) is 0 Å². The molecule has 1 aliphatic carbocycles. The summed E-state index contributed by atoms with van der Waals surface area (Å²) in [7, 11) is 0. The van der Waals surface area contributed by atoms with Gasteiger partial charge in [0.05, 0.1) is 0 Å². The van der Waals surface area contributed by atoms with E-state index in [1.54, 1.807) is 0 Å². The van der Waals surface area contributed by atoms with Gasteiger partial charge in [0.2, 0.25) is 0 Å². The van der Waals surface area contributed by atoms with Crippen molar-refractivity contribution in [3.63, 3.8) is 0 Å². The first-order valence-corrected chi connectivity index (χ1v) is 7.61. The smallest absolute Gasteiger partial charge is 0.168 e. The maximum Gasteiger partial charge on any atom is 0.168 e. The molecule has 17 heavy (non-hydrogen) atoms. The third-order valence-electron chi connectivity index (χ3n) is 3.50. The minimum Gasteiger partial charge on any atom is -0.350 e. The van der Waals surface area contributed by atoms with Crippen LogP contribution in [-0.2, 0) is 9.47 Å². The van der Waals surface area contributed by atoms with E-state index in [1.807, 2.05) is 0 Å². The van der Waals surface area contributed by atoms with Crippen molar-refractivity contribution >= 4 is 0 Å². The Morgan fingerprint density at radius 2 is 1.12 bits per heavy atom. The molecule has 1 fully saturated rings. The number of ether oxygens (including phenoxy) is 2. The Bertz CT molecular complexity index is 160. The molecule has 0 amide bonds. The molecule has 0 radical (unpaired) electrons. The molecule has 0 saturated heterocycles. The van der Waals surface area contributed by atoms with Crippen molar-refractivity contribution in [2.24, 2.45) is 0 Å². The fraction of sp³-hybridized carbons (Fsp3) is 1.00. The minimum absolute atomic E-state index is 0.254. The Balaban J connectivity index is 2.53. The minimum atomic E-state index is -0.254. The summed E-state index contributed by atoms with van der Waals surface area (Å²) in [5.74, 6) is -0.254. The molecule has 0 aromatic carbocycles. The van der Waals surface area contributed by atoms with E-state index in [9.17, 15) is 0 Å². The zero-order valence-corrected chi connectivity index (χ0v) is 11.8. The Hall–Kier alpha value is -0.0800. The number of hydrogen-bond donors (Lipinski definition) is 0. The first-order chi connectivity index (χ1) is 8.33. The van der Waals surface area contributed by atoms with E-state index >= 15 is 0 Å². The fourth-order valence-electron chi connectivity index (χ4n) is 2.53. The predicted molar refractivity (Wildman–Crippen MR) is 72.2 cm³/mol. The van der Waals surface area contributed by atoms with Crippen molar-refractivity contribution in [3.05, 3.63) is 0 Å². The maximum atomic E-state index is 6.09. The molecule has 0 aromatic rings. The quantitative estimate of drug-likeness (QED) is 0.630. The van der Waals surface area contributed by atoms with Gasteiger partial charge in [0, 0.05) is 26.1 Å². The highest BCUT2D eigenvalue weighted by atomic mass is 16.7. The van der Waals surface area contributed by atoms with Gasteiger partial charge in [-0.15, -0.1) is 0 Å². The van der Waals surface area contributed by atoms with Crippen LogP contribution in [0.4, 0.5) is 0 Å². The molecule has 0 bridgehead atoms. The molecule has 0 heterocycles. The highest BCUT2D eigenvalue weighted by Crippen LogP contribution is 2.30. The molecular formula is C15H30O2. The molecule has 2 heteroatoms. The standard InChI is InChI=1S/C15H30O2/c1-3-13-16-15(17-14-4-2)11-9-7-5-6-8-10-12-15/h3-14H2,1-2H3. The van der Waals surface area contributed by atoms with Gasteiger partial charge in [0.1, 0.15) is 0 Å². The summed E-state index contributed by atoms with van der Waals surface area (Å²) in [6, 6.07) is 0. The first kappa shape index (κ1) is 15.0. The summed E-state index contributed by atoms with van der Waals surface area (Å²) in [5, 5.41) is 0. The van der Waals surface area contributed by atoms with E-state index in [0.29, 0.717) is 0 Å². The van der Waals surface area contributed by atoms with Gasteiger partial charge < -0.3 is 9.47 Å². The second-order valence-electron chi connectivity index (χ2n) is 5.23. The molecule has 0 aromatic heterocycles. The van der Waals surface area contributed by atoms with E-state index in [1.165, 1.54) is 38.5 Å². The summed E-state index contributed by atoms with van der Waals surface area (Å²) in [5.41, 5.74) is 0. The lowest BCUT2D eigenvalue weighted by Crippen LogP contribution is -2.36. The Morgan fingerprint density at radius 1 is 0.706 bits per heavy atom. The SMILES string of the molecule is CCCOC1(OCCC)CCCCCCCC1. The largest absolute Gasteiger partial charge is 0.350 e. The van der Waals surface area contributed by atoms with Gasteiger partial charge in [-0.3, -0.25) is 0 Å². The van der Waals surface area contributed by atoms with Crippen LogP contribution >= 0.6 is 0 Å². The second-order valence-corrected chi connectivity index (χ2v) is 5.23. The van der Waals surface area contributed by atoms with Crippen LogP contribution < -0.4 is 0 Å². The summed E-state index contributed by atoms with van der Waals surface area (Å²) in [6.45, 7) is 6.01. The van der Waals surface area contributed by atoms with Crippen LogP contribution in [0.15, 0.2) is 0 Å². The van der Waals surface area contributed by atoms with Crippen LogP contribution in [-0.4, -0.2) is 19.0 Å². The van der Waals surface area contributed by atoms with Gasteiger partial charge in [-0.1, -0.05) is 39.5 Å². The molecule has 0 N–H and O–H groups in total. The fourth-order valence-corrected chi connectivity index (χ4v) is 2.53. The monoisotopic (exact) mass is 242 g/mol. The van der Waals surface area contributed by atoms with Gasteiger partial charge in [-0.2, -0.15) is 0 Å². The van der Waals surface area contributed by atoms with Crippen LogP contribution in [0.5, 0.6) is 0 Å². The molecule has 1 rings (SSSR count). The van der Waals surface area contributed by atoms with E-state index in [2.05, 4.69) is 13.8 Å². The van der Waals surface area contributed by atoms with Crippen molar-refractivity contribution in [2.75, 3.05) is 13.2 Å². The Kier molecular flexibility index (Phi) is 7.87. The molecular weight excluding hydrogens is 212 g/mol. The molecule has 1 saturated carbocycles. The highest BCUT2D eigenvalue weighted by Gasteiger charge is 2.31. The average Bonchev–Trinajstić information content (AvgIpc) is 2.47. The average molecular weight is 242 g/mol. The van der Waals surface area contributed by atoms with Gasteiger partial charge in [0.25, 0.3) is 0 Å². The van der Waals surface area contributed by atoms with Crippen LogP contribution in [0.1, 0.15) is 78.1 Å². The molecule has 0 unspecified atom stereocenters. The van der Waals surface area contributed by atoms with Gasteiger partial charge in [-0.25, -0.2) is 0 Å². The number of rotatable bonds is 6. The van der Waals surface area contributed by atoms with E-state index in [0.717, 1.165) is 38.9 Å². The normalized spacial score (nSPS) is 21.5. The zero-order chi connectivity index (χ0) is 12.4. The van der Waals surface area contributed by atoms with Gasteiger partial charge in [-0.05, 0) is 25.7 Å². The highest BCUT2D eigenvalue weighted by molar-refractivity contribution is 4.72. The van der Waals surface area contributed by atoms with E-state index in [-0.39, 0.29) is 5.79 Å². The molecule has 0 spiro atoms. The topological polar surface area (TPSA) is 18.5 Å². The third kappa shape index (κ3) is 5.87. The van der Waals surface area contributed by atoms with Crippen molar-refractivity contribution in [1.29, 1.82) is 0 Å².